The second-order valence-electron chi connectivity index (χ2n) is 14.7. The molecule has 0 aromatic heterocycles. The van der Waals surface area contributed by atoms with E-state index in [-0.39, 0.29) is 27.1 Å². The van der Waals surface area contributed by atoms with Crippen LogP contribution in [-0.2, 0) is 9.59 Å². The predicted octanol–water partition coefficient (Wildman–Crippen LogP) is 7.56. The minimum Gasteiger partial charge on any atom is -0.299 e. The largest absolute Gasteiger partial charge is 0.299 e. The SMILES string of the molecule is CC1(C)C=C2C3CCC4[C@@]5(C)CCC(=O)C(C)(C)C5CC[C@@]4(C)[C@]3(C)CC[C@@]2(C)CC1=O. The summed E-state index contributed by atoms with van der Waals surface area (Å²) in [5.74, 6) is 2.75. The van der Waals surface area contributed by atoms with Gasteiger partial charge < -0.3 is 0 Å². The summed E-state index contributed by atoms with van der Waals surface area (Å²) >= 11 is 0. The second-order valence-corrected chi connectivity index (χ2v) is 14.7. The molecule has 7 atom stereocenters. The molecule has 0 spiro atoms. The van der Waals surface area contributed by atoms with Crippen LogP contribution in [0.2, 0.25) is 0 Å². The van der Waals surface area contributed by atoms with Gasteiger partial charge in [-0.15, -0.1) is 0 Å². The first-order chi connectivity index (χ1) is 14.6. The monoisotopic (exact) mass is 438 g/mol. The Labute approximate surface area is 196 Å². The first-order valence-electron chi connectivity index (χ1n) is 13.4. The summed E-state index contributed by atoms with van der Waals surface area (Å²) in [6.45, 7) is 19.0. The van der Waals surface area contributed by atoms with E-state index >= 15 is 0 Å². The van der Waals surface area contributed by atoms with Crippen LogP contribution in [0.3, 0.4) is 0 Å². The van der Waals surface area contributed by atoms with Gasteiger partial charge in [0.2, 0.25) is 0 Å². The van der Waals surface area contributed by atoms with E-state index in [1.54, 1.807) is 5.57 Å². The van der Waals surface area contributed by atoms with Crippen LogP contribution in [0.15, 0.2) is 11.6 Å². The lowest BCUT2D eigenvalue weighted by Gasteiger charge is -2.72. The van der Waals surface area contributed by atoms with Crippen LogP contribution in [0.1, 0.15) is 113 Å². The highest BCUT2D eigenvalue weighted by molar-refractivity contribution is 5.88. The van der Waals surface area contributed by atoms with E-state index in [1.165, 1.54) is 32.1 Å². The van der Waals surface area contributed by atoms with Crippen molar-refractivity contribution in [3.63, 3.8) is 0 Å². The Bertz CT molecular complexity index is 908. The molecule has 0 N–H and O–H groups in total. The molecule has 0 heterocycles. The van der Waals surface area contributed by atoms with Crippen molar-refractivity contribution in [1.82, 2.24) is 0 Å². The van der Waals surface area contributed by atoms with Gasteiger partial charge in [0.15, 0.2) is 0 Å². The maximum absolute atomic E-state index is 12.9. The number of carbonyl (C=O) groups is 2. The van der Waals surface area contributed by atoms with Crippen molar-refractivity contribution in [3.8, 4) is 0 Å². The Morgan fingerprint density at radius 1 is 0.719 bits per heavy atom. The minimum absolute atomic E-state index is 0.0698. The fourth-order valence-electron chi connectivity index (χ4n) is 10.3. The maximum Gasteiger partial charge on any atom is 0.143 e. The molecule has 0 amide bonds. The molecule has 5 rings (SSSR count). The predicted molar refractivity (Wildman–Crippen MR) is 130 cm³/mol. The van der Waals surface area contributed by atoms with Crippen LogP contribution in [0.5, 0.6) is 0 Å². The highest BCUT2D eigenvalue weighted by atomic mass is 16.1. The van der Waals surface area contributed by atoms with Gasteiger partial charge in [0.25, 0.3) is 0 Å². The maximum atomic E-state index is 12.9. The molecule has 0 aromatic carbocycles. The summed E-state index contributed by atoms with van der Waals surface area (Å²) in [4.78, 5) is 25.8. The van der Waals surface area contributed by atoms with Gasteiger partial charge in [-0.2, -0.15) is 0 Å². The minimum atomic E-state index is -0.317. The van der Waals surface area contributed by atoms with Crippen molar-refractivity contribution in [2.75, 3.05) is 0 Å². The first kappa shape index (κ1) is 22.9. The zero-order valence-electron chi connectivity index (χ0n) is 22.0. The lowest BCUT2D eigenvalue weighted by atomic mass is 9.32. The van der Waals surface area contributed by atoms with Gasteiger partial charge in [-0.1, -0.05) is 53.2 Å². The first-order valence-corrected chi connectivity index (χ1v) is 13.4. The van der Waals surface area contributed by atoms with Crippen LogP contribution >= 0.6 is 0 Å². The number of hydrogen-bond donors (Lipinski definition) is 0. The molecule has 0 bridgehead atoms. The van der Waals surface area contributed by atoms with Crippen molar-refractivity contribution in [2.24, 2.45) is 50.2 Å². The third-order valence-corrected chi connectivity index (χ3v) is 12.7. The molecule has 3 unspecified atom stereocenters. The van der Waals surface area contributed by atoms with E-state index in [1.807, 2.05) is 0 Å². The average Bonchev–Trinajstić information content (AvgIpc) is 2.68. The molecular weight excluding hydrogens is 392 g/mol. The summed E-state index contributed by atoms with van der Waals surface area (Å²) in [6.07, 6.45) is 12.4. The average molecular weight is 439 g/mol. The Morgan fingerprint density at radius 2 is 1.41 bits per heavy atom. The topological polar surface area (TPSA) is 34.1 Å². The Balaban J connectivity index is 1.58. The van der Waals surface area contributed by atoms with Gasteiger partial charge in [0.1, 0.15) is 11.6 Å². The molecular formula is C30H46O2. The number of rotatable bonds is 0. The van der Waals surface area contributed by atoms with Crippen LogP contribution in [-0.4, -0.2) is 11.6 Å². The van der Waals surface area contributed by atoms with Crippen molar-refractivity contribution < 1.29 is 9.59 Å². The summed E-state index contributed by atoms with van der Waals surface area (Å²) in [5.41, 5.74) is 2.08. The number of fused-ring (bicyclic) bond motifs is 7. The molecule has 5 aliphatic rings. The molecule has 4 fully saturated rings. The number of allylic oxidation sites excluding steroid dienone is 2. The van der Waals surface area contributed by atoms with Crippen LogP contribution in [0.25, 0.3) is 0 Å². The smallest absolute Gasteiger partial charge is 0.143 e. The van der Waals surface area contributed by atoms with Gasteiger partial charge in [-0.05, 0) is 98.2 Å². The van der Waals surface area contributed by atoms with Crippen molar-refractivity contribution in [2.45, 2.75) is 113 Å². The van der Waals surface area contributed by atoms with Gasteiger partial charge >= 0.3 is 0 Å². The fraction of sp³-hybridized carbons (Fsp3) is 0.867. The van der Waals surface area contributed by atoms with E-state index in [0.29, 0.717) is 34.7 Å². The third-order valence-electron chi connectivity index (χ3n) is 12.7. The second kappa shape index (κ2) is 6.39. The molecule has 178 valence electrons. The van der Waals surface area contributed by atoms with E-state index in [0.717, 1.165) is 25.7 Å². The molecule has 5 aliphatic carbocycles. The number of Topliss-reactive ketones (excluding diaryl/α,β-unsaturated/α-hetero) is 2. The highest BCUT2D eigenvalue weighted by Crippen LogP contribution is 2.75. The van der Waals surface area contributed by atoms with Crippen LogP contribution in [0, 0.1) is 50.2 Å². The normalized spacial score (nSPS) is 51.6. The fourth-order valence-corrected chi connectivity index (χ4v) is 10.3. The quantitative estimate of drug-likeness (QED) is 0.366. The zero-order valence-corrected chi connectivity index (χ0v) is 22.0. The third kappa shape index (κ3) is 2.59. The molecule has 0 aromatic rings. The Hall–Kier alpha value is -0.920. The van der Waals surface area contributed by atoms with Crippen molar-refractivity contribution >= 4 is 11.6 Å². The molecule has 2 heteroatoms. The molecule has 32 heavy (non-hydrogen) atoms. The van der Waals surface area contributed by atoms with Gasteiger partial charge in [-0.25, -0.2) is 0 Å². The summed E-state index contributed by atoms with van der Waals surface area (Å²) in [5, 5.41) is 0. The molecule has 2 nitrogen and oxygen atoms in total. The molecule has 0 aliphatic heterocycles. The Kier molecular flexibility index (Phi) is 4.57. The van der Waals surface area contributed by atoms with E-state index in [4.69, 9.17) is 0 Å². The van der Waals surface area contributed by atoms with E-state index < -0.39 is 0 Å². The Morgan fingerprint density at radius 3 is 2.09 bits per heavy atom. The highest BCUT2D eigenvalue weighted by Gasteiger charge is 2.69. The summed E-state index contributed by atoms with van der Waals surface area (Å²) in [7, 11) is 0. The van der Waals surface area contributed by atoms with Gasteiger partial charge in [0.05, 0.1) is 0 Å². The number of carbonyl (C=O) groups excluding carboxylic acids is 2. The number of ketones is 2. The lowest BCUT2D eigenvalue weighted by molar-refractivity contribution is -0.211. The van der Waals surface area contributed by atoms with Gasteiger partial charge in [0, 0.05) is 23.7 Å². The standard InChI is InChI=1S/C30H46O2/c1-25(2)17-20-19-9-10-22-28(6)13-12-23(31)26(3,4)21(28)11-14-30(22,8)29(19,7)16-15-27(20,5)18-24(25)32/h17,19,21-22H,9-16,18H2,1-8H3/t19?,21?,22?,27-,28-,29+,30+/m0/s1. The molecule has 4 saturated carbocycles. The van der Waals surface area contributed by atoms with Crippen molar-refractivity contribution in [1.29, 1.82) is 0 Å². The zero-order chi connectivity index (χ0) is 23.5. The van der Waals surface area contributed by atoms with Gasteiger partial charge in [-0.3, -0.25) is 9.59 Å². The van der Waals surface area contributed by atoms with Crippen LogP contribution in [0.4, 0.5) is 0 Å². The molecule has 0 radical (unpaired) electrons. The van der Waals surface area contributed by atoms with E-state index in [9.17, 15) is 9.59 Å². The lowest BCUT2D eigenvalue weighted by Crippen LogP contribution is -2.65. The summed E-state index contributed by atoms with van der Waals surface area (Å²) in [6, 6.07) is 0. The molecule has 0 saturated heterocycles. The van der Waals surface area contributed by atoms with E-state index in [2.05, 4.69) is 61.5 Å². The number of hydrogen-bond acceptors (Lipinski definition) is 2. The van der Waals surface area contributed by atoms with Crippen molar-refractivity contribution in [3.05, 3.63) is 11.6 Å². The van der Waals surface area contributed by atoms with Crippen LogP contribution < -0.4 is 0 Å². The summed E-state index contributed by atoms with van der Waals surface area (Å²) < 4.78 is 0.